The Kier molecular flexibility index (Phi) is 6.21. The minimum absolute atomic E-state index is 0.0386. The highest BCUT2D eigenvalue weighted by Gasteiger charge is 2.27. The van der Waals surface area contributed by atoms with E-state index in [0.717, 1.165) is 25.2 Å². The number of morpholine rings is 1. The van der Waals surface area contributed by atoms with Crippen molar-refractivity contribution in [1.29, 1.82) is 0 Å². The van der Waals surface area contributed by atoms with E-state index in [1.54, 1.807) is 18.2 Å². The first kappa shape index (κ1) is 20.3. The molecule has 7 heteroatoms. The molecule has 0 radical (unpaired) electrons. The monoisotopic (exact) mass is 406 g/mol. The summed E-state index contributed by atoms with van der Waals surface area (Å²) in [5, 5.41) is 7.66. The van der Waals surface area contributed by atoms with Crippen molar-refractivity contribution < 1.29 is 9.53 Å². The second-order valence-corrected chi connectivity index (χ2v) is 7.63. The Bertz CT molecular complexity index is 1060. The number of aromatic amines is 1. The summed E-state index contributed by atoms with van der Waals surface area (Å²) in [6.07, 6.45) is 0. The molecule has 1 amide bonds. The minimum atomic E-state index is -0.293. The predicted octanol–water partition coefficient (Wildman–Crippen LogP) is 2.29. The van der Waals surface area contributed by atoms with E-state index >= 15 is 0 Å². The average Bonchev–Trinajstić information content (AvgIpc) is 2.79. The maximum absolute atomic E-state index is 13.7. The molecule has 156 valence electrons. The van der Waals surface area contributed by atoms with Gasteiger partial charge in [0.1, 0.15) is 0 Å². The van der Waals surface area contributed by atoms with Crippen LogP contribution in [0.5, 0.6) is 0 Å². The van der Waals surface area contributed by atoms with E-state index in [9.17, 15) is 9.59 Å². The maximum Gasteiger partial charge on any atom is 0.275 e. The van der Waals surface area contributed by atoms with E-state index in [1.165, 1.54) is 0 Å². The van der Waals surface area contributed by atoms with Crippen LogP contribution in [0.3, 0.4) is 0 Å². The largest absolute Gasteiger partial charge is 0.379 e. The molecule has 1 unspecified atom stereocenters. The highest BCUT2D eigenvalue weighted by molar-refractivity contribution is 6.04. The van der Waals surface area contributed by atoms with Gasteiger partial charge < -0.3 is 9.64 Å². The molecular formula is C23H26N4O3. The molecule has 1 atom stereocenters. The van der Waals surface area contributed by atoms with Crippen LogP contribution in [0.1, 0.15) is 23.0 Å². The number of carbonyl (C=O) groups is 1. The van der Waals surface area contributed by atoms with Gasteiger partial charge in [0.25, 0.3) is 11.5 Å². The number of hydrogen-bond donors (Lipinski definition) is 1. The molecule has 0 saturated carbocycles. The number of benzene rings is 2. The van der Waals surface area contributed by atoms with Gasteiger partial charge in [0.2, 0.25) is 0 Å². The van der Waals surface area contributed by atoms with Crippen LogP contribution in [0.4, 0.5) is 0 Å². The van der Waals surface area contributed by atoms with Crippen molar-refractivity contribution in [2.45, 2.75) is 19.5 Å². The maximum atomic E-state index is 13.7. The Balaban J connectivity index is 1.67. The molecule has 30 heavy (non-hydrogen) atoms. The molecule has 7 nitrogen and oxygen atoms in total. The lowest BCUT2D eigenvalue weighted by molar-refractivity contribution is 0.0227. The number of rotatable bonds is 6. The van der Waals surface area contributed by atoms with Crippen molar-refractivity contribution in [2.75, 3.05) is 32.8 Å². The fourth-order valence-corrected chi connectivity index (χ4v) is 3.88. The summed E-state index contributed by atoms with van der Waals surface area (Å²) < 4.78 is 5.45. The highest BCUT2D eigenvalue weighted by atomic mass is 16.5. The normalized spacial score (nSPS) is 15.8. The van der Waals surface area contributed by atoms with Crippen molar-refractivity contribution in [2.24, 2.45) is 0 Å². The molecule has 1 aliphatic heterocycles. The van der Waals surface area contributed by atoms with Crippen LogP contribution in [-0.2, 0) is 11.3 Å². The molecular weight excluding hydrogens is 380 g/mol. The minimum Gasteiger partial charge on any atom is -0.379 e. The van der Waals surface area contributed by atoms with Crippen LogP contribution in [0.25, 0.3) is 10.8 Å². The summed E-state index contributed by atoms with van der Waals surface area (Å²) >= 11 is 0. The third-order valence-electron chi connectivity index (χ3n) is 5.51. The number of hydrogen-bond acceptors (Lipinski definition) is 5. The third kappa shape index (κ3) is 4.42. The molecule has 1 aliphatic rings. The topological polar surface area (TPSA) is 78.5 Å². The number of amides is 1. The molecule has 1 aromatic heterocycles. The van der Waals surface area contributed by atoms with Crippen molar-refractivity contribution in [3.63, 3.8) is 0 Å². The number of nitrogens with zero attached hydrogens (tertiary/aromatic N) is 3. The molecule has 0 bridgehead atoms. The van der Waals surface area contributed by atoms with Crippen molar-refractivity contribution >= 4 is 16.7 Å². The fraction of sp³-hybridized carbons (Fsp3) is 0.348. The number of H-pyrrole nitrogens is 1. The van der Waals surface area contributed by atoms with Crippen LogP contribution in [0.2, 0.25) is 0 Å². The van der Waals surface area contributed by atoms with E-state index < -0.39 is 0 Å². The van der Waals surface area contributed by atoms with Gasteiger partial charge in [-0.3, -0.25) is 14.5 Å². The molecule has 1 N–H and O–H groups in total. The summed E-state index contributed by atoms with van der Waals surface area (Å²) in [5.74, 6) is -0.188. The smallest absolute Gasteiger partial charge is 0.275 e. The van der Waals surface area contributed by atoms with Gasteiger partial charge in [-0.1, -0.05) is 48.5 Å². The third-order valence-corrected chi connectivity index (χ3v) is 5.51. The van der Waals surface area contributed by atoms with E-state index in [-0.39, 0.29) is 23.2 Å². The van der Waals surface area contributed by atoms with Gasteiger partial charge in [0, 0.05) is 37.6 Å². The molecule has 2 heterocycles. The SMILES string of the molecule is CC(CN1CCOCC1)N(Cc1ccccc1)C(=O)c1n[nH]c(=O)c2ccccc12. The lowest BCUT2D eigenvalue weighted by atomic mass is 10.1. The van der Waals surface area contributed by atoms with Crippen molar-refractivity contribution in [3.05, 3.63) is 76.2 Å². The zero-order valence-electron chi connectivity index (χ0n) is 17.1. The quantitative estimate of drug-likeness (QED) is 0.680. The standard InChI is InChI=1S/C23H26N4O3/c1-17(15-26-11-13-30-14-12-26)27(16-18-7-3-2-4-8-18)23(29)21-19-9-5-6-10-20(19)22(28)25-24-21/h2-10,17H,11-16H2,1H3,(H,25,28). The Morgan fingerprint density at radius 1 is 1.10 bits per heavy atom. The molecule has 0 spiro atoms. The van der Waals surface area contributed by atoms with Gasteiger partial charge in [0.05, 0.1) is 18.6 Å². The summed E-state index contributed by atoms with van der Waals surface area (Å²) in [6.45, 7) is 6.43. The van der Waals surface area contributed by atoms with Crippen LogP contribution in [0.15, 0.2) is 59.4 Å². The lowest BCUT2D eigenvalue weighted by Gasteiger charge is -2.35. The van der Waals surface area contributed by atoms with Crippen LogP contribution in [-0.4, -0.2) is 64.8 Å². The number of fused-ring (bicyclic) bond motifs is 1. The second-order valence-electron chi connectivity index (χ2n) is 7.63. The number of ether oxygens (including phenoxy) is 1. The number of carbonyl (C=O) groups excluding carboxylic acids is 1. The Morgan fingerprint density at radius 2 is 1.77 bits per heavy atom. The summed E-state index contributed by atoms with van der Waals surface area (Å²) in [6, 6.07) is 17.0. The van der Waals surface area contributed by atoms with E-state index in [0.29, 0.717) is 30.5 Å². The van der Waals surface area contributed by atoms with E-state index in [2.05, 4.69) is 22.0 Å². The van der Waals surface area contributed by atoms with Crippen LogP contribution >= 0.6 is 0 Å². The van der Waals surface area contributed by atoms with Gasteiger partial charge in [-0.15, -0.1) is 0 Å². The molecule has 1 saturated heterocycles. The van der Waals surface area contributed by atoms with Gasteiger partial charge in [-0.25, -0.2) is 5.10 Å². The van der Waals surface area contributed by atoms with Crippen molar-refractivity contribution in [3.8, 4) is 0 Å². The number of aromatic nitrogens is 2. The van der Waals surface area contributed by atoms with Crippen LogP contribution in [0, 0.1) is 0 Å². The Morgan fingerprint density at radius 3 is 2.50 bits per heavy atom. The Labute approximate surface area is 175 Å². The highest BCUT2D eigenvalue weighted by Crippen LogP contribution is 2.19. The van der Waals surface area contributed by atoms with Gasteiger partial charge in [-0.05, 0) is 18.6 Å². The Hall–Kier alpha value is -3.03. The van der Waals surface area contributed by atoms with E-state index in [1.807, 2.05) is 41.3 Å². The van der Waals surface area contributed by atoms with Gasteiger partial charge in [0.15, 0.2) is 5.69 Å². The second kappa shape index (κ2) is 9.19. The summed E-state index contributed by atoms with van der Waals surface area (Å²) in [5.41, 5.74) is 1.03. The molecule has 1 fully saturated rings. The first-order chi connectivity index (χ1) is 14.6. The molecule has 0 aliphatic carbocycles. The zero-order chi connectivity index (χ0) is 20.9. The first-order valence-electron chi connectivity index (χ1n) is 10.3. The van der Waals surface area contributed by atoms with Crippen molar-refractivity contribution in [1.82, 2.24) is 20.0 Å². The van der Waals surface area contributed by atoms with Gasteiger partial charge >= 0.3 is 0 Å². The first-order valence-corrected chi connectivity index (χ1v) is 10.3. The number of nitrogens with one attached hydrogen (secondary N) is 1. The van der Waals surface area contributed by atoms with Crippen LogP contribution < -0.4 is 5.56 Å². The average molecular weight is 406 g/mol. The lowest BCUT2D eigenvalue weighted by Crippen LogP contribution is -2.48. The molecule has 2 aromatic carbocycles. The predicted molar refractivity (Wildman–Crippen MR) is 115 cm³/mol. The zero-order valence-corrected chi connectivity index (χ0v) is 17.1. The summed E-state index contributed by atoms with van der Waals surface area (Å²) in [4.78, 5) is 30.0. The van der Waals surface area contributed by atoms with Gasteiger partial charge in [-0.2, -0.15) is 5.10 Å². The van der Waals surface area contributed by atoms with E-state index in [4.69, 9.17) is 4.74 Å². The fourth-order valence-electron chi connectivity index (χ4n) is 3.88. The summed E-state index contributed by atoms with van der Waals surface area (Å²) in [7, 11) is 0. The molecule has 4 rings (SSSR count). The molecule has 3 aromatic rings.